The van der Waals surface area contributed by atoms with Crippen LogP contribution < -0.4 is 0 Å². The van der Waals surface area contributed by atoms with Crippen molar-refractivity contribution >= 4 is 17.2 Å². The minimum atomic E-state index is 0.749. The first-order valence-corrected chi connectivity index (χ1v) is 10.7. The molecule has 0 atom stereocenters. The third-order valence-electron chi connectivity index (χ3n) is 5.21. The van der Waals surface area contributed by atoms with Crippen LogP contribution in [0.15, 0.2) is 88.6 Å². The number of allylic oxidation sites excluding steroid dienone is 10. The first-order chi connectivity index (χ1) is 13.6. The van der Waals surface area contributed by atoms with Crippen molar-refractivity contribution in [2.24, 2.45) is 0 Å². The van der Waals surface area contributed by atoms with Crippen molar-refractivity contribution in [3.63, 3.8) is 0 Å². The van der Waals surface area contributed by atoms with Gasteiger partial charge in [0.2, 0.25) is 0 Å². The molecule has 0 heterocycles. The van der Waals surface area contributed by atoms with Crippen LogP contribution in [-0.2, 0) is 0 Å². The van der Waals surface area contributed by atoms with E-state index >= 15 is 0 Å². The van der Waals surface area contributed by atoms with Crippen molar-refractivity contribution in [3.05, 3.63) is 99.2 Å². The van der Waals surface area contributed by atoms with E-state index in [0.717, 1.165) is 41.0 Å². The highest BCUT2D eigenvalue weighted by atomic mass is 35.5. The van der Waals surface area contributed by atoms with E-state index in [-0.39, 0.29) is 0 Å². The van der Waals surface area contributed by atoms with Gasteiger partial charge in [-0.1, -0.05) is 82.5 Å². The fraction of sp³-hybridized carbons (Fsp3) is 0.357. The lowest BCUT2D eigenvalue weighted by Crippen LogP contribution is -1.94. The van der Waals surface area contributed by atoms with E-state index in [1.807, 2.05) is 12.1 Å². The van der Waals surface area contributed by atoms with Crippen molar-refractivity contribution in [3.8, 4) is 0 Å². The summed E-state index contributed by atoms with van der Waals surface area (Å²) in [5.74, 6) is 0. The number of hydrogen-bond acceptors (Lipinski definition) is 0. The number of benzene rings is 1. The van der Waals surface area contributed by atoms with Crippen LogP contribution in [0.25, 0.3) is 5.57 Å². The maximum atomic E-state index is 6.05. The molecule has 0 saturated heterocycles. The fourth-order valence-electron chi connectivity index (χ4n) is 3.71. The highest BCUT2D eigenvalue weighted by Gasteiger charge is 2.09. The first kappa shape index (κ1) is 25.0. The molecule has 0 saturated carbocycles. The second kappa shape index (κ2) is 11.8. The molecule has 1 rings (SSSR count). The second-order valence-corrected chi connectivity index (χ2v) is 8.65. The van der Waals surface area contributed by atoms with Crippen LogP contribution in [0, 0.1) is 0 Å². The molecule has 29 heavy (non-hydrogen) atoms. The molecule has 156 valence electrons. The summed E-state index contributed by atoms with van der Waals surface area (Å²) < 4.78 is 0. The highest BCUT2D eigenvalue weighted by Crippen LogP contribution is 2.30. The maximum absolute atomic E-state index is 6.05. The molecule has 0 bridgehead atoms. The lowest BCUT2D eigenvalue weighted by atomic mass is 9.91. The second-order valence-electron chi connectivity index (χ2n) is 8.22. The summed E-state index contributed by atoms with van der Waals surface area (Å²) in [6.45, 7) is 23.6. The smallest absolute Gasteiger partial charge is 0.0406 e. The van der Waals surface area contributed by atoms with Crippen molar-refractivity contribution < 1.29 is 0 Å². The predicted octanol–water partition coefficient (Wildman–Crippen LogP) is 9.66. The molecule has 0 fully saturated rings. The highest BCUT2D eigenvalue weighted by molar-refractivity contribution is 6.30. The van der Waals surface area contributed by atoms with Crippen LogP contribution in [0.5, 0.6) is 0 Å². The molecule has 0 aliphatic heterocycles. The van der Waals surface area contributed by atoms with Gasteiger partial charge in [0.1, 0.15) is 0 Å². The summed E-state index contributed by atoms with van der Waals surface area (Å²) in [4.78, 5) is 0. The minimum absolute atomic E-state index is 0.749. The van der Waals surface area contributed by atoms with Gasteiger partial charge in [-0.2, -0.15) is 0 Å². The van der Waals surface area contributed by atoms with E-state index in [4.69, 9.17) is 11.6 Å². The predicted molar refractivity (Wildman–Crippen MR) is 133 cm³/mol. The molecule has 0 aliphatic rings. The van der Waals surface area contributed by atoms with Crippen molar-refractivity contribution in [1.82, 2.24) is 0 Å². The lowest BCUT2D eigenvalue weighted by Gasteiger charge is -2.14. The average Bonchev–Trinajstić information content (AvgIpc) is 2.62. The van der Waals surface area contributed by atoms with Crippen LogP contribution in [0.4, 0.5) is 0 Å². The van der Waals surface area contributed by atoms with Gasteiger partial charge >= 0.3 is 0 Å². The summed E-state index contributed by atoms with van der Waals surface area (Å²) in [5, 5.41) is 0.749. The quantitative estimate of drug-likeness (QED) is 0.356. The third kappa shape index (κ3) is 8.07. The number of hydrogen-bond donors (Lipinski definition) is 0. The van der Waals surface area contributed by atoms with E-state index in [1.165, 1.54) is 33.4 Å². The first-order valence-electron chi connectivity index (χ1n) is 10.3. The average molecular weight is 409 g/mol. The van der Waals surface area contributed by atoms with E-state index in [9.17, 15) is 0 Å². The molecular weight excluding hydrogens is 372 g/mol. The summed E-state index contributed by atoms with van der Waals surface area (Å²) in [7, 11) is 0. The Balaban J connectivity index is 2.95. The van der Waals surface area contributed by atoms with Crippen molar-refractivity contribution in [1.29, 1.82) is 0 Å². The van der Waals surface area contributed by atoms with Gasteiger partial charge in [-0.25, -0.2) is 0 Å². The summed E-state index contributed by atoms with van der Waals surface area (Å²) in [5.41, 5.74) is 11.5. The molecule has 0 spiro atoms. The number of halogens is 1. The topological polar surface area (TPSA) is 0 Å². The summed E-state index contributed by atoms with van der Waals surface area (Å²) in [6, 6.07) is 7.98. The summed E-state index contributed by atoms with van der Waals surface area (Å²) in [6.07, 6.45) is 7.41. The molecule has 0 aliphatic carbocycles. The zero-order chi connectivity index (χ0) is 22.1. The molecule has 0 nitrogen and oxygen atoms in total. The van der Waals surface area contributed by atoms with Crippen LogP contribution >= 0.6 is 11.6 Å². The van der Waals surface area contributed by atoms with Crippen LogP contribution in [0.2, 0.25) is 5.02 Å². The largest absolute Gasteiger partial charge is 0.0955 e. The SMILES string of the molecule is C=C(/C=C(\C)CCC(=C(C)C)/C(C)=C\C)C/C(C)=C(\C(=C)C)c1ccc(Cl)cc1. The van der Waals surface area contributed by atoms with Gasteiger partial charge in [-0.05, 0) is 96.6 Å². The molecular formula is C28H37Cl. The Labute approximate surface area is 184 Å². The normalized spacial score (nSPS) is 13.1. The molecule has 1 heteroatoms. The van der Waals surface area contributed by atoms with Crippen LogP contribution in [0.1, 0.15) is 73.3 Å². The van der Waals surface area contributed by atoms with E-state index in [1.54, 1.807) is 0 Å². The standard InChI is InChI=1S/C28H37Cl/c1-10-23(8)27(19(2)3)16-11-21(6)17-22(7)18-24(9)28(20(4)5)25-12-14-26(29)15-13-25/h10,12-15,17H,4,7,11,16,18H2,1-3,5-6,8-9H3/b21-17+,23-10-,28-24+. The van der Waals surface area contributed by atoms with Gasteiger partial charge in [0.05, 0.1) is 0 Å². The molecule has 0 amide bonds. The van der Waals surface area contributed by atoms with Crippen LogP contribution in [0.3, 0.4) is 0 Å². The third-order valence-corrected chi connectivity index (χ3v) is 5.46. The Kier molecular flexibility index (Phi) is 10.2. The van der Waals surface area contributed by atoms with Gasteiger partial charge < -0.3 is 0 Å². The van der Waals surface area contributed by atoms with E-state index < -0.39 is 0 Å². The molecule has 0 aromatic heterocycles. The maximum Gasteiger partial charge on any atom is 0.0406 e. The Morgan fingerprint density at radius 2 is 1.52 bits per heavy atom. The van der Waals surface area contributed by atoms with E-state index in [0.29, 0.717) is 0 Å². The van der Waals surface area contributed by atoms with Gasteiger partial charge in [0.25, 0.3) is 0 Å². The Bertz CT molecular complexity index is 863. The van der Waals surface area contributed by atoms with Crippen molar-refractivity contribution in [2.45, 2.75) is 67.7 Å². The fourth-order valence-corrected chi connectivity index (χ4v) is 3.84. The van der Waals surface area contributed by atoms with Gasteiger partial charge in [-0.3, -0.25) is 0 Å². The van der Waals surface area contributed by atoms with Gasteiger partial charge in [0, 0.05) is 5.02 Å². The Morgan fingerprint density at radius 1 is 0.931 bits per heavy atom. The zero-order valence-electron chi connectivity index (χ0n) is 19.4. The van der Waals surface area contributed by atoms with Gasteiger partial charge in [-0.15, -0.1) is 0 Å². The van der Waals surface area contributed by atoms with Gasteiger partial charge in [0.15, 0.2) is 0 Å². The minimum Gasteiger partial charge on any atom is -0.0955 e. The molecule has 1 aromatic carbocycles. The zero-order valence-corrected chi connectivity index (χ0v) is 20.1. The Morgan fingerprint density at radius 3 is 2.00 bits per heavy atom. The lowest BCUT2D eigenvalue weighted by molar-refractivity contribution is 0.910. The summed E-state index contributed by atoms with van der Waals surface area (Å²) >= 11 is 6.05. The monoisotopic (exact) mass is 408 g/mol. The number of rotatable bonds is 9. The van der Waals surface area contributed by atoms with E-state index in [2.05, 4.69) is 85.9 Å². The molecule has 0 unspecified atom stereocenters. The van der Waals surface area contributed by atoms with Crippen LogP contribution in [-0.4, -0.2) is 0 Å². The molecule has 1 aromatic rings. The Hall–Kier alpha value is -2.05. The van der Waals surface area contributed by atoms with Crippen molar-refractivity contribution in [2.75, 3.05) is 0 Å². The molecule has 0 N–H and O–H groups in total. The molecule has 0 radical (unpaired) electrons.